The van der Waals surface area contributed by atoms with Crippen LogP contribution in [0.3, 0.4) is 0 Å². The van der Waals surface area contributed by atoms with Crippen LogP contribution in [0.1, 0.15) is 0 Å². The maximum Gasteiger partial charge on any atom is 0.269 e. The second kappa shape index (κ2) is 7.30. The summed E-state index contributed by atoms with van der Waals surface area (Å²) in [5, 5.41) is 6.35. The van der Waals surface area contributed by atoms with Crippen LogP contribution in [-0.4, -0.2) is 66.8 Å². The highest BCUT2D eigenvalue weighted by Gasteiger charge is 2.19. The molecule has 2 heterocycles. The maximum absolute atomic E-state index is 12.3. The molecule has 1 amide bonds. The third kappa shape index (κ3) is 4.23. The molecule has 0 unspecified atom stereocenters. The molecule has 1 aromatic rings. The van der Waals surface area contributed by atoms with Crippen LogP contribution in [0.25, 0.3) is 0 Å². The molecular weight excluding hydrogens is 296 g/mol. The van der Waals surface area contributed by atoms with Gasteiger partial charge < -0.3 is 10.2 Å². The monoisotopic (exact) mass is 315 g/mol. The first kappa shape index (κ1) is 16.3. The number of carbonyl (C=O) groups excluding carboxylic acids is 1. The molecule has 0 saturated carbocycles. The van der Waals surface area contributed by atoms with Crippen molar-refractivity contribution in [1.29, 1.82) is 0 Å². The predicted molar refractivity (Wildman–Crippen MR) is 77.2 cm³/mol. The van der Waals surface area contributed by atoms with E-state index in [0.29, 0.717) is 38.4 Å². The fraction of sp³-hybridized carbons (Fsp3) is 0.615. The van der Waals surface area contributed by atoms with Crippen molar-refractivity contribution < 1.29 is 13.6 Å². The van der Waals surface area contributed by atoms with Gasteiger partial charge in [-0.15, -0.1) is 0 Å². The third-order valence-electron chi connectivity index (χ3n) is 3.55. The average Bonchev–Trinajstić information content (AvgIpc) is 2.49. The van der Waals surface area contributed by atoms with Crippen molar-refractivity contribution in [2.24, 2.45) is 0 Å². The molecule has 22 heavy (non-hydrogen) atoms. The van der Waals surface area contributed by atoms with E-state index in [1.54, 1.807) is 7.05 Å². The summed E-state index contributed by atoms with van der Waals surface area (Å²) < 4.78 is 25.3. The summed E-state index contributed by atoms with van der Waals surface area (Å²) in [4.78, 5) is 27.0. The second-order valence-corrected chi connectivity index (χ2v) is 5.06. The Morgan fingerprint density at radius 3 is 2.59 bits per heavy atom. The van der Waals surface area contributed by atoms with Gasteiger partial charge in [0.2, 0.25) is 5.91 Å². The average molecular weight is 315 g/mol. The van der Waals surface area contributed by atoms with Crippen molar-refractivity contribution >= 4 is 11.6 Å². The zero-order chi connectivity index (χ0) is 16.1. The summed E-state index contributed by atoms with van der Waals surface area (Å²) in [5.41, 5.74) is 0.0840. The number of rotatable bonds is 5. The summed E-state index contributed by atoms with van der Waals surface area (Å²) in [6.07, 6.45) is -1.18. The van der Waals surface area contributed by atoms with Gasteiger partial charge in [0.1, 0.15) is 6.54 Å². The molecule has 0 aliphatic carbocycles. The number of nitrogens with one attached hydrogen (secondary N) is 1. The molecular formula is C13H19F2N5O2. The van der Waals surface area contributed by atoms with Crippen LogP contribution in [0.4, 0.5) is 14.5 Å². The Kier molecular flexibility index (Phi) is 5.42. The number of piperazine rings is 1. The van der Waals surface area contributed by atoms with Crippen molar-refractivity contribution in [1.82, 2.24) is 20.0 Å². The highest BCUT2D eigenvalue weighted by molar-refractivity contribution is 5.77. The minimum Gasteiger partial charge on any atom is -0.368 e. The first-order chi connectivity index (χ1) is 10.5. The van der Waals surface area contributed by atoms with E-state index in [4.69, 9.17) is 0 Å². The van der Waals surface area contributed by atoms with Crippen LogP contribution in [0.2, 0.25) is 0 Å². The highest BCUT2D eigenvalue weighted by atomic mass is 19.3. The Hall–Kier alpha value is -2.03. The van der Waals surface area contributed by atoms with Crippen LogP contribution in [-0.2, 0) is 11.3 Å². The molecule has 0 radical (unpaired) electrons. The summed E-state index contributed by atoms with van der Waals surface area (Å²) in [6.45, 7) is 2.33. The number of hydrogen-bond donors (Lipinski definition) is 1. The molecule has 122 valence electrons. The Balaban J connectivity index is 1.95. The lowest BCUT2D eigenvalue weighted by Crippen LogP contribution is -2.49. The SMILES string of the molecule is CNC(=O)CN1CCN(c2cnn(CC(F)F)c(=O)c2)CC1. The van der Waals surface area contributed by atoms with E-state index in [1.165, 1.54) is 12.3 Å². The van der Waals surface area contributed by atoms with Crippen molar-refractivity contribution in [2.75, 3.05) is 44.7 Å². The molecule has 1 fully saturated rings. The van der Waals surface area contributed by atoms with Gasteiger partial charge >= 0.3 is 0 Å². The molecule has 0 atom stereocenters. The lowest BCUT2D eigenvalue weighted by molar-refractivity contribution is -0.121. The number of amides is 1. The largest absolute Gasteiger partial charge is 0.368 e. The molecule has 0 bridgehead atoms. The second-order valence-electron chi connectivity index (χ2n) is 5.06. The lowest BCUT2D eigenvalue weighted by Gasteiger charge is -2.35. The number of anilines is 1. The van der Waals surface area contributed by atoms with Gasteiger partial charge in [0, 0.05) is 39.3 Å². The van der Waals surface area contributed by atoms with E-state index in [0.717, 1.165) is 4.68 Å². The molecule has 1 aliphatic rings. The van der Waals surface area contributed by atoms with Crippen LogP contribution < -0.4 is 15.8 Å². The Bertz CT molecular complexity index is 570. The van der Waals surface area contributed by atoms with Gasteiger partial charge in [-0.1, -0.05) is 0 Å². The van der Waals surface area contributed by atoms with Gasteiger partial charge in [0.25, 0.3) is 12.0 Å². The van der Waals surface area contributed by atoms with Crippen LogP contribution in [0.5, 0.6) is 0 Å². The fourth-order valence-electron chi connectivity index (χ4n) is 2.31. The molecule has 2 rings (SSSR count). The van der Waals surface area contributed by atoms with E-state index in [-0.39, 0.29) is 5.91 Å². The molecule has 1 aliphatic heterocycles. The number of aromatic nitrogens is 2. The van der Waals surface area contributed by atoms with Gasteiger partial charge in [-0.3, -0.25) is 14.5 Å². The molecule has 1 aromatic heterocycles. The van der Waals surface area contributed by atoms with Crippen molar-refractivity contribution in [3.63, 3.8) is 0 Å². The summed E-state index contributed by atoms with van der Waals surface area (Å²) in [7, 11) is 1.60. The topological polar surface area (TPSA) is 70.5 Å². The van der Waals surface area contributed by atoms with Gasteiger partial charge in [-0.05, 0) is 0 Å². The van der Waals surface area contributed by atoms with Gasteiger partial charge in [-0.25, -0.2) is 13.5 Å². The minimum absolute atomic E-state index is 0.0373. The number of hydrogen-bond acceptors (Lipinski definition) is 5. The standard InChI is InChI=1S/C13H19F2N5O2/c1-16-12(21)9-18-2-4-19(5-3-18)10-6-13(22)20(17-7-10)8-11(14)15/h6-7,11H,2-5,8-9H2,1H3,(H,16,21). The van der Waals surface area contributed by atoms with Gasteiger partial charge in [0.05, 0.1) is 18.4 Å². The molecule has 7 nitrogen and oxygen atoms in total. The summed E-state index contributed by atoms with van der Waals surface area (Å²) >= 11 is 0. The highest BCUT2D eigenvalue weighted by Crippen LogP contribution is 2.13. The molecule has 0 aromatic carbocycles. The zero-order valence-corrected chi connectivity index (χ0v) is 12.3. The number of carbonyl (C=O) groups is 1. The minimum atomic E-state index is -2.61. The van der Waals surface area contributed by atoms with Crippen LogP contribution in [0.15, 0.2) is 17.1 Å². The van der Waals surface area contributed by atoms with Gasteiger partial charge in [0.15, 0.2) is 0 Å². The number of alkyl halides is 2. The molecule has 1 saturated heterocycles. The smallest absolute Gasteiger partial charge is 0.269 e. The van der Waals surface area contributed by atoms with Gasteiger partial charge in [-0.2, -0.15) is 5.10 Å². The number of halogens is 2. The molecule has 0 spiro atoms. The third-order valence-corrected chi connectivity index (χ3v) is 3.55. The van der Waals surface area contributed by atoms with E-state index < -0.39 is 18.5 Å². The van der Waals surface area contributed by atoms with Crippen LogP contribution in [0, 0.1) is 0 Å². The number of nitrogens with zero attached hydrogens (tertiary/aromatic N) is 4. The molecule has 9 heteroatoms. The normalized spacial score (nSPS) is 16.1. The maximum atomic E-state index is 12.3. The quantitative estimate of drug-likeness (QED) is 0.784. The zero-order valence-electron chi connectivity index (χ0n) is 12.3. The molecule has 1 N–H and O–H groups in total. The van der Waals surface area contributed by atoms with Crippen molar-refractivity contribution in [3.05, 3.63) is 22.6 Å². The Morgan fingerprint density at radius 1 is 1.36 bits per heavy atom. The first-order valence-corrected chi connectivity index (χ1v) is 7.03. The van der Waals surface area contributed by atoms with Crippen LogP contribution >= 0.6 is 0 Å². The first-order valence-electron chi connectivity index (χ1n) is 7.03. The Morgan fingerprint density at radius 2 is 2.05 bits per heavy atom. The predicted octanol–water partition coefficient (Wildman–Crippen LogP) is -0.624. The lowest BCUT2D eigenvalue weighted by atomic mass is 10.3. The van der Waals surface area contributed by atoms with Crippen molar-refractivity contribution in [3.8, 4) is 0 Å². The van der Waals surface area contributed by atoms with E-state index in [1.807, 2.05) is 9.80 Å². The van der Waals surface area contributed by atoms with Crippen molar-refractivity contribution in [2.45, 2.75) is 13.0 Å². The number of likely N-dealkylation sites (N-methyl/N-ethyl adjacent to an activating group) is 1. The Labute approximate surface area is 126 Å². The van der Waals surface area contributed by atoms with E-state index >= 15 is 0 Å². The summed E-state index contributed by atoms with van der Waals surface area (Å²) in [5.74, 6) is -0.0373. The van der Waals surface area contributed by atoms with E-state index in [9.17, 15) is 18.4 Å². The fourth-order valence-corrected chi connectivity index (χ4v) is 2.31. The van der Waals surface area contributed by atoms with E-state index in [2.05, 4.69) is 10.4 Å². The summed E-state index contributed by atoms with van der Waals surface area (Å²) in [6, 6.07) is 1.32.